The maximum atomic E-state index is 12.0. The first-order valence-corrected chi connectivity index (χ1v) is 10.2. The zero-order valence-corrected chi connectivity index (χ0v) is 17.9. The maximum absolute atomic E-state index is 12.0. The Kier molecular flexibility index (Phi) is 5.13. The summed E-state index contributed by atoms with van der Waals surface area (Å²) < 4.78 is 0. The molecule has 0 aliphatic carbocycles. The summed E-state index contributed by atoms with van der Waals surface area (Å²) in [6.45, 7) is 8.25. The summed E-state index contributed by atoms with van der Waals surface area (Å²) in [5.74, 6) is 0.871. The van der Waals surface area contributed by atoms with Crippen LogP contribution >= 0.6 is 0 Å². The number of aromatic nitrogens is 2. The van der Waals surface area contributed by atoms with Gasteiger partial charge in [0.1, 0.15) is 5.82 Å². The molecule has 1 aromatic heterocycles. The minimum Gasteiger partial charge on any atom is -0.338 e. The van der Waals surface area contributed by atoms with Crippen molar-refractivity contribution in [3.05, 3.63) is 89.2 Å². The molecule has 1 N–H and O–H groups in total. The van der Waals surface area contributed by atoms with Crippen LogP contribution in [0.25, 0.3) is 34.3 Å². The molecular weight excluding hydrogens is 368 g/mol. The van der Waals surface area contributed by atoms with Gasteiger partial charge in [-0.25, -0.2) is 4.98 Å². The molecule has 0 radical (unpaired) electrons. The molecule has 0 unspecified atom stereocenters. The van der Waals surface area contributed by atoms with Gasteiger partial charge in [0.25, 0.3) is 0 Å². The van der Waals surface area contributed by atoms with E-state index in [0.29, 0.717) is 0 Å². The molecule has 0 saturated carbocycles. The van der Waals surface area contributed by atoms with E-state index < -0.39 is 0 Å². The van der Waals surface area contributed by atoms with Crippen LogP contribution in [-0.4, -0.2) is 15.8 Å². The second-order valence-corrected chi connectivity index (χ2v) is 8.66. The van der Waals surface area contributed by atoms with Crippen molar-refractivity contribution >= 4 is 29.0 Å². The molecule has 4 aromatic rings. The van der Waals surface area contributed by atoms with Gasteiger partial charge in [-0.05, 0) is 52.8 Å². The summed E-state index contributed by atoms with van der Waals surface area (Å²) in [6.07, 6.45) is 4.06. The van der Waals surface area contributed by atoms with E-state index >= 15 is 0 Å². The van der Waals surface area contributed by atoms with E-state index in [-0.39, 0.29) is 11.2 Å². The van der Waals surface area contributed by atoms with Crippen molar-refractivity contribution in [1.29, 1.82) is 0 Å². The number of imidazole rings is 1. The van der Waals surface area contributed by atoms with Crippen LogP contribution in [0, 0.1) is 0 Å². The molecule has 150 valence electrons. The summed E-state index contributed by atoms with van der Waals surface area (Å²) in [7, 11) is 0. The molecule has 0 saturated heterocycles. The third-order valence-electron chi connectivity index (χ3n) is 5.33. The van der Waals surface area contributed by atoms with Crippen molar-refractivity contribution in [1.82, 2.24) is 9.97 Å². The molecule has 0 aliphatic rings. The number of hydrogen-bond donors (Lipinski definition) is 1. The van der Waals surface area contributed by atoms with Gasteiger partial charge in [0.15, 0.2) is 5.78 Å². The Morgan fingerprint density at radius 3 is 2.37 bits per heavy atom. The van der Waals surface area contributed by atoms with Crippen molar-refractivity contribution in [2.24, 2.45) is 0 Å². The topological polar surface area (TPSA) is 45.8 Å². The Balaban J connectivity index is 1.62. The number of Topliss-reactive ketones (excluding diaryl/α,β-unsaturated/α-hetero) is 1. The highest BCUT2D eigenvalue weighted by Gasteiger charge is 2.12. The molecule has 0 fully saturated rings. The van der Waals surface area contributed by atoms with Gasteiger partial charge in [-0.15, -0.1) is 0 Å². The van der Waals surface area contributed by atoms with Crippen molar-refractivity contribution in [3.8, 4) is 11.1 Å². The van der Waals surface area contributed by atoms with Gasteiger partial charge >= 0.3 is 0 Å². The molecule has 1 heterocycles. The molecule has 3 nitrogen and oxygen atoms in total. The Labute approximate surface area is 177 Å². The van der Waals surface area contributed by atoms with Gasteiger partial charge in [0, 0.05) is 5.56 Å². The molecule has 0 amide bonds. The number of ketones is 1. The second kappa shape index (κ2) is 7.75. The average Bonchev–Trinajstić information content (AvgIpc) is 3.14. The quantitative estimate of drug-likeness (QED) is 0.383. The van der Waals surface area contributed by atoms with E-state index in [1.807, 2.05) is 48.5 Å². The minimum absolute atomic E-state index is 0.0637. The van der Waals surface area contributed by atoms with Crippen LogP contribution in [0.1, 0.15) is 55.0 Å². The molecule has 0 atom stereocenters. The number of nitrogens with one attached hydrogen (secondary N) is 1. The fraction of sp³-hybridized carbons (Fsp3) is 0.185. The van der Waals surface area contributed by atoms with E-state index in [9.17, 15) is 4.79 Å². The molecule has 0 spiro atoms. The number of carbonyl (C=O) groups excluding carboxylic acids is 1. The van der Waals surface area contributed by atoms with Gasteiger partial charge in [-0.3, -0.25) is 4.79 Å². The number of carbonyl (C=O) groups is 1. The third-order valence-corrected chi connectivity index (χ3v) is 5.33. The van der Waals surface area contributed by atoms with Crippen LogP contribution in [0.2, 0.25) is 0 Å². The summed E-state index contributed by atoms with van der Waals surface area (Å²) in [5.41, 5.74) is 7.13. The number of aromatic amines is 1. The number of hydrogen-bond acceptors (Lipinski definition) is 2. The predicted octanol–water partition coefficient (Wildman–Crippen LogP) is 6.90. The fourth-order valence-corrected chi connectivity index (χ4v) is 3.58. The zero-order valence-electron chi connectivity index (χ0n) is 17.9. The van der Waals surface area contributed by atoms with Crippen molar-refractivity contribution in [2.45, 2.75) is 33.1 Å². The first-order chi connectivity index (χ1) is 14.3. The third kappa shape index (κ3) is 4.11. The van der Waals surface area contributed by atoms with Gasteiger partial charge < -0.3 is 4.98 Å². The molecule has 0 aliphatic heterocycles. The average molecular weight is 395 g/mol. The van der Waals surface area contributed by atoms with Crippen molar-refractivity contribution in [2.75, 3.05) is 0 Å². The Morgan fingerprint density at radius 2 is 1.67 bits per heavy atom. The van der Waals surface area contributed by atoms with Gasteiger partial charge in [-0.1, -0.05) is 81.4 Å². The van der Waals surface area contributed by atoms with Crippen LogP contribution in [0.15, 0.2) is 66.7 Å². The summed E-state index contributed by atoms with van der Waals surface area (Å²) in [4.78, 5) is 20.0. The van der Waals surface area contributed by atoms with Crippen molar-refractivity contribution < 1.29 is 4.79 Å². The van der Waals surface area contributed by atoms with E-state index in [1.165, 1.54) is 5.56 Å². The fourth-order valence-electron chi connectivity index (χ4n) is 3.58. The normalized spacial score (nSPS) is 12.0. The summed E-state index contributed by atoms with van der Waals surface area (Å²) in [6, 6.07) is 22.4. The molecule has 3 aromatic carbocycles. The minimum atomic E-state index is 0.0637. The van der Waals surface area contributed by atoms with Gasteiger partial charge in [0.05, 0.1) is 11.0 Å². The van der Waals surface area contributed by atoms with Gasteiger partial charge in [0.2, 0.25) is 0 Å². The van der Waals surface area contributed by atoms with E-state index in [4.69, 9.17) is 4.98 Å². The number of benzene rings is 3. The van der Waals surface area contributed by atoms with E-state index in [2.05, 4.69) is 56.1 Å². The summed E-state index contributed by atoms with van der Waals surface area (Å²) >= 11 is 0. The van der Waals surface area contributed by atoms with Crippen LogP contribution in [0.5, 0.6) is 0 Å². The monoisotopic (exact) mass is 394 g/mol. The predicted molar refractivity (Wildman–Crippen MR) is 126 cm³/mol. The lowest BCUT2D eigenvalue weighted by atomic mass is 9.87. The smallest absolute Gasteiger partial charge is 0.160 e. The highest BCUT2D eigenvalue weighted by Crippen LogP contribution is 2.27. The number of fused-ring (bicyclic) bond motifs is 1. The van der Waals surface area contributed by atoms with Gasteiger partial charge in [-0.2, -0.15) is 0 Å². The summed E-state index contributed by atoms with van der Waals surface area (Å²) in [5, 5.41) is 0. The number of nitrogens with zero attached hydrogens (tertiary/aromatic N) is 1. The molecular formula is C27H26N2O. The maximum Gasteiger partial charge on any atom is 0.160 e. The van der Waals surface area contributed by atoms with E-state index in [0.717, 1.165) is 39.1 Å². The zero-order chi connectivity index (χ0) is 21.3. The van der Waals surface area contributed by atoms with Crippen LogP contribution in [-0.2, 0) is 5.41 Å². The number of rotatable bonds is 4. The van der Waals surface area contributed by atoms with Crippen LogP contribution in [0.3, 0.4) is 0 Å². The Morgan fingerprint density at radius 1 is 0.933 bits per heavy atom. The van der Waals surface area contributed by atoms with E-state index in [1.54, 1.807) is 6.92 Å². The Hall–Kier alpha value is -3.46. The standard InChI is InChI=1S/C27H26N2O/c1-18(30)22-7-5-6-8-23(22)20-12-15-24-25(17-20)29-26(28-24)16-11-19-9-13-21(14-10-19)27(2,3)4/h5-17H,1-4H3,(H,28,29). The molecule has 0 bridgehead atoms. The first kappa shape index (κ1) is 19.8. The number of H-pyrrole nitrogens is 1. The largest absolute Gasteiger partial charge is 0.338 e. The Bertz CT molecular complexity index is 1240. The highest BCUT2D eigenvalue weighted by atomic mass is 16.1. The lowest BCUT2D eigenvalue weighted by Gasteiger charge is -2.18. The van der Waals surface area contributed by atoms with Crippen LogP contribution < -0.4 is 0 Å². The lowest BCUT2D eigenvalue weighted by molar-refractivity contribution is 0.101. The molecule has 30 heavy (non-hydrogen) atoms. The lowest BCUT2D eigenvalue weighted by Crippen LogP contribution is -2.10. The molecule has 3 heteroatoms. The SMILES string of the molecule is CC(=O)c1ccccc1-c1ccc2[nH]c(C=Cc3ccc(C(C)(C)C)cc3)nc2c1. The van der Waals surface area contributed by atoms with Crippen LogP contribution in [0.4, 0.5) is 0 Å². The highest BCUT2D eigenvalue weighted by molar-refractivity contribution is 6.01. The first-order valence-electron chi connectivity index (χ1n) is 10.2. The molecule has 4 rings (SSSR count). The van der Waals surface area contributed by atoms with Crippen molar-refractivity contribution in [3.63, 3.8) is 0 Å². The second-order valence-electron chi connectivity index (χ2n) is 8.66.